The maximum Gasteiger partial charge on any atom is 0.319 e. The van der Waals surface area contributed by atoms with Crippen LogP contribution in [0, 0.1) is 6.92 Å². The Morgan fingerprint density at radius 1 is 1.44 bits per heavy atom. The van der Waals surface area contributed by atoms with E-state index >= 15 is 0 Å². The van der Waals surface area contributed by atoms with Crippen LogP contribution < -0.4 is 10.6 Å². The second-order valence-corrected chi connectivity index (χ2v) is 6.56. The van der Waals surface area contributed by atoms with Crippen LogP contribution in [0.15, 0.2) is 22.7 Å². The van der Waals surface area contributed by atoms with Gasteiger partial charge in [-0.25, -0.2) is 4.79 Å². The third kappa shape index (κ3) is 4.57. The minimum atomic E-state index is -0.537. The summed E-state index contributed by atoms with van der Waals surface area (Å²) < 4.78 is 5.39. The number of amides is 2. The monoisotopic (exact) mass is 344 g/mol. The molecule has 1 atom stereocenters. The standard InChI is InChI=1S/C18H24N4O3/c1-3-4-13(23)10-19-18(24)20-15-8-5-11(2)9-14(15)17-21-16(22-25-17)12-6-7-12/h5,8-9,12-13,23H,3-4,6-7,10H2,1-2H3,(H2,19,20,24). The summed E-state index contributed by atoms with van der Waals surface area (Å²) in [6.07, 6.45) is 3.18. The first-order valence-electron chi connectivity index (χ1n) is 8.74. The van der Waals surface area contributed by atoms with Gasteiger partial charge in [0.25, 0.3) is 5.89 Å². The highest BCUT2D eigenvalue weighted by atomic mass is 16.5. The van der Waals surface area contributed by atoms with Gasteiger partial charge in [0.05, 0.1) is 17.4 Å². The molecule has 2 aromatic rings. The Hall–Kier alpha value is -2.41. The Morgan fingerprint density at radius 2 is 2.24 bits per heavy atom. The number of carbonyl (C=O) groups is 1. The number of nitrogens with zero attached hydrogens (tertiary/aromatic N) is 2. The molecule has 1 aromatic carbocycles. The van der Waals surface area contributed by atoms with Crippen molar-refractivity contribution < 1.29 is 14.4 Å². The molecule has 1 unspecified atom stereocenters. The van der Waals surface area contributed by atoms with E-state index < -0.39 is 6.10 Å². The highest BCUT2D eigenvalue weighted by molar-refractivity contribution is 5.93. The van der Waals surface area contributed by atoms with E-state index in [1.165, 1.54) is 0 Å². The summed E-state index contributed by atoms with van der Waals surface area (Å²) >= 11 is 0. The Bertz CT molecular complexity index is 740. The van der Waals surface area contributed by atoms with Crippen molar-refractivity contribution >= 4 is 11.7 Å². The fraction of sp³-hybridized carbons (Fsp3) is 0.500. The maximum atomic E-state index is 12.1. The fourth-order valence-electron chi connectivity index (χ4n) is 2.61. The summed E-state index contributed by atoms with van der Waals surface area (Å²) in [5.41, 5.74) is 2.33. The van der Waals surface area contributed by atoms with Gasteiger partial charge in [-0.1, -0.05) is 30.1 Å². The van der Waals surface area contributed by atoms with Crippen LogP contribution in [0.1, 0.15) is 49.9 Å². The summed E-state index contributed by atoms with van der Waals surface area (Å²) in [6.45, 7) is 4.17. The first-order valence-corrected chi connectivity index (χ1v) is 8.74. The minimum absolute atomic E-state index is 0.216. The molecule has 3 rings (SSSR count). The number of aromatic nitrogens is 2. The Morgan fingerprint density at radius 3 is 2.96 bits per heavy atom. The van der Waals surface area contributed by atoms with E-state index in [0.717, 1.165) is 30.7 Å². The molecule has 2 amide bonds. The molecule has 7 nitrogen and oxygen atoms in total. The number of carbonyl (C=O) groups excluding carboxylic acids is 1. The molecule has 1 heterocycles. The van der Waals surface area contributed by atoms with Crippen molar-refractivity contribution in [1.82, 2.24) is 15.5 Å². The average molecular weight is 344 g/mol. The van der Waals surface area contributed by atoms with Crippen LogP contribution in [0.25, 0.3) is 11.5 Å². The van der Waals surface area contributed by atoms with Gasteiger partial charge in [-0.2, -0.15) is 4.98 Å². The Kier molecular flexibility index (Phi) is 5.33. The smallest absolute Gasteiger partial charge is 0.319 e. The lowest BCUT2D eigenvalue weighted by Gasteiger charge is -2.13. The van der Waals surface area contributed by atoms with Gasteiger partial charge in [0.1, 0.15) is 0 Å². The number of aryl methyl sites for hydroxylation is 1. The van der Waals surface area contributed by atoms with Crippen molar-refractivity contribution in [3.05, 3.63) is 29.6 Å². The van der Waals surface area contributed by atoms with Crippen molar-refractivity contribution in [3.63, 3.8) is 0 Å². The topological polar surface area (TPSA) is 100 Å². The molecule has 0 aliphatic heterocycles. The zero-order valence-corrected chi connectivity index (χ0v) is 14.6. The van der Waals surface area contributed by atoms with Gasteiger partial charge in [-0.3, -0.25) is 0 Å². The molecule has 0 saturated heterocycles. The molecular weight excluding hydrogens is 320 g/mol. The van der Waals surface area contributed by atoms with E-state index in [9.17, 15) is 9.90 Å². The normalized spacial score (nSPS) is 15.0. The van der Waals surface area contributed by atoms with Crippen molar-refractivity contribution in [2.45, 2.75) is 51.6 Å². The molecule has 1 fully saturated rings. The van der Waals surface area contributed by atoms with Gasteiger partial charge in [0.15, 0.2) is 5.82 Å². The molecule has 134 valence electrons. The van der Waals surface area contributed by atoms with Gasteiger partial charge in [0.2, 0.25) is 0 Å². The van der Waals surface area contributed by atoms with Gasteiger partial charge >= 0.3 is 6.03 Å². The van der Waals surface area contributed by atoms with E-state index in [1.54, 1.807) is 0 Å². The van der Waals surface area contributed by atoms with Crippen LogP contribution in [0.2, 0.25) is 0 Å². The molecule has 1 saturated carbocycles. The largest absolute Gasteiger partial charge is 0.391 e. The second kappa shape index (κ2) is 7.65. The van der Waals surface area contributed by atoms with Crippen molar-refractivity contribution in [2.24, 2.45) is 0 Å². The fourth-order valence-corrected chi connectivity index (χ4v) is 2.61. The predicted octanol–water partition coefficient (Wildman–Crippen LogP) is 3.20. The van der Waals surface area contributed by atoms with Crippen LogP contribution >= 0.6 is 0 Å². The molecule has 1 aromatic heterocycles. The summed E-state index contributed by atoms with van der Waals surface area (Å²) in [5.74, 6) is 1.54. The first kappa shape index (κ1) is 17.4. The summed E-state index contributed by atoms with van der Waals surface area (Å²) in [7, 11) is 0. The summed E-state index contributed by atoms with van der Waals surface area (Å²) in [6, 6.07) is 5.25. The highest BCUT2D eigenvalue weighted by Gasteiger charge is 2.29. The van der Waals surface area contributed by atoms with E-state index in [2.05, 4.69) is 20.8 Å². The maximum absolute atomic E-state index is 12.1. The highest BCUT2D eigenvalue weighted by Crippen LogP contribution is 2.39. The summed E-state index contributed by atoms with van der Waals surface area (Å²) in [5, 5.41) is 19.2. The Balaban J connectivity index is 1.71. The lowest BCUT2D eigenvalue weighted by molar-refractivity contribution is 0.162. The van der Waals surface area contributed by atoms with Crippen LogP contribution in [0.4, 0.5) is 10.5 Å². The van der Waals surface area contributed by atoms with Crippen LogP contribution in [-0.2, 0) is 0 Å². The minimum Gasteiger partial charge on any atom is -0.391 e. The zero-order chi connectivity index (χ0) is 17.8. The SMILES string of the molecule is CCCC(O)CNC(=O)Nc1ccc(C)cc1-c1nc(C2CC2)no1. The molecule has 0 radical (unpaired) electrons. The van der Waals surface area contributed by atoms with Gasteiger partial charge < -0.3 is 20.3 Å². The average Bonchev–Trinajstić information content (AvgIpc) is 3.32. The van der Waals surface area contributed by atoms with E-state index in [-0.39, 0.29) is 12.6 Å². The third-order valence-electron chi connectivity index (χ3n) is 4.16. The first-order chi connectivity index (χ1) is 12.1. The van der Waals surface area contributed by atoms with Crippen molar-refractivity contribution in [3.8, 4) is 11.5 Å². The van der Waals surface area contributed by atoms with E-state index in [1.807, 2.05) is 32.0 Å². The Labute approximate surface area is 146 Å². The van der Waals surface area contributed by atoms with Gasteiger partial charge in [-0.15, -0.1) is 0 Å². The number of anilines is 1. The van der Waals surface area contributed by atoms with E-state index in [4.69, 9.17) is 4.52 Å². The molecular formula is C18H24N4O3. The zero-order valence-electron chi connectivity index (χ0n) is 14.6. The van der Waals surface area contributed by atoms with Crippen molar-refractivity contribution in [2.75, 3.05) is 11.9 Å². The number of benzene rings is 1. The van der Waals surface area contributed by atoms with Gasteiger partial charge in [-0.05, 0) is 38.3 Å². The van der Waals surface area contributed by atoms with Crippen LogP contribution in [0.5, 0.6) is 0 Å². The lowest BCUT2D eigenvalue weighted by atomic mass is 10.1. The number of aliphatic hydroxyl groups excluding tert-OH is 1. The number of aliphatic hydroxyl groups is 1. The number of urea groups is 1. The van der Waals surface area contributed by atoms with Crippen LogP contribution in [-0.4, -0.2) is 33.9 Å². The molecule has 0 bridgehead atoms. The number of hydrogen-bond acceptors (Lipinski definition) is 5. The van der Waals surface area contributed by atoms with Gasteiger partial charge in [0, 0.05) is 12.5 Å². The third-order valence-corrected chi connectivity index (χ3v) is 4.16. The molecule has 1 aliphatic carbocycles. The number of hydrogen-bond donors (Lipinski definition) is 3. The molecule has 25 heavy (non-hydrogen) atoms. The van der Waals surface area contributed by atoms with Crippen molar-refractivity contribution in [1.29, 1.82) is 0 Å². The summed E-state index contributed by atoms with van der Waals surface area (Å²) in [4.78, 5) is 16.6. The molecule has 0 spiro atoms. The van der Waals surface area contributed by atoms with Crippen LogP contribution in [0.3, 0.4) is 0 Å². The second-order valence-electron chi connectivity index (χ2n) is 6.56. The quantitative estimate of drug-likeness (QED) is 0.716. The lowest BCUT2D eigenvalue weighted by Crippen LogP contribution is -2.35. The number of rotatable bonds is 7. The predicted molar refractivity (Wildman–Crippen MR) is 94.4 cm³/mol. The number of nitrogens with one attached hydrogen (secondary N) is 2. The molecule has 7 heteroatoms. The molecule has 1 aliphatic rings. The molecule has 3 N–H and O–H groups in total. The van der Waals surface area contributed by atoms with E-state index in [0.29, 0.717) is 29.5 Å².